The van der Waals surface area contributed by atoms with Crippen molar-refractivity contribution in [2.24, 2.45) is 0 Å². The van der Waals surface area contributed by atoms with Crippen LogP contribution in [0.1, 0.15) is 20.7 Å². The number of carbonyl (C=O) groups excluding carboxylic acids is 2. The SMILES string of the molecule is COC(=O)c1cc(C(=O)OC)c(-c2cccc3[c-]cccc23)c(S(=O)(=O)O)c1.[Na+]. The number of hydrogen-bond acceptors (Lipinski definition) is 6. The van der Waals surface area contributed by atoms with Crippen LogP contribution in [0.4, 0.5) is 0 Å². The quantitative estimate of drug-likeness (QED) is 0.276. The van der Waals surface area contributed by atoms with Crippen molar-refractivity contribution in [2.75, 3.05) is 14.2 Å². The molecule has 0 saturated heterocycles. The molecule has 29 heavy (non-hydrogen) atoms. The van der Waals surface area contributed by atoms with E-state index in [0.29, 0.717) is 16.3 Å². The third-order valence-electron chi connectivity index (χ3n) is 4.18. The Hall–Kier alpha value is -2.23. The van der Waals surface area contributed by atoms with Crippen molar-refractivity contribution in [2.45, 2.75) is 4.90 Å². The first-order valence-corrected chi connectivity index (χ1v) is 9.44. The fourth-order valence-corrected chi connectivity index (χ4v) is 3.73. The van der Waals surface area contributed by atoms with Crippen molar-refractivity contribution in [1.29, 1.82) is 0 Å². The molecule has 9 heteroatoms. The molecule has 3 rings (SSSR count). The van der Waals surface area contributed by atoms with Crippen LogP contribution in [0.3, 0.4) is 0 Å². The molecule has 0 aliphatic carbocycles. The van der Waals surface area contributed by atoms with Gasteiger partial charge in [-0.2, -0.15) is 8.42 Å². The molecule has 144 valence electrons. The molecule has 0 amide bonds. The average molecular weight is 422 g/mol. The number of hydrogen-bond donors (Lipinski definition) is 1. The number of ether oxygens (including phenoxy) is 2. The number of carbonyl (C=O) groups is 2. The van der Waals surface area contributed by atoms with E-state index in [1.807, 2.05) is 0 Å². The van der Waals surface area contributed by atoms with Crippen LogP contribution in [-0.4, -0.2) is 39.1 Å². The normalized spacial score (nSPS) is 10.9. The summed E-state index contributed by atoms with van der Waals surface area (Å²) in [7, 11) is -2.57. The van der Waals surface area contributed by atoms with Crippen molar-refractivity contribution in [3.63, 3.8) is 0 Å². The third kappa shape index (κ3) is 4.52. The Morgan fingerprint density at radius 3 is 2.31 bits per heavy atom. The Labute approximate surface area is 189 Å². The molecule has 0 atom stereocenters. The summed E-state index contributed by atoms with van der Waals surface area (Å²) in [5.41, 5.74) is -0.133. The van der Waals surface area contributed by atoms with Crippen molar-refractivity contribution in [1.82, 2.24) is 0 Å². The molecule has 7 nitrogen and oxygen atoms in total. The van der Waals surface area contributed by atoms with Gasteiger partial charge in [-0.05, 0) is 12.1 Å². The first-order valence-electron chi connectivity index (χ1n) is 8.00. The Kier molecular flexibility index (Phi) is 7.20. The smallest absolute Gasteiger partial charge is 0.465 e. The van der Waals surface area contributed by atoms with Gasteiger partial charge in [0.15, 0.2) is 0 Å². The molecule has 0 fully saturated rings. The van der Waals surface area contributed by atoms with E-state index in [0.717, 1.165) is 20.3 Å². The minimum atomic E-state index is -4.80. The molecule has 0 unspecified atom stereocenters. The molecule has 0 aliphatic heterocycles. The topological polar surface area (TPSA) is 107 Å². The molecular formula is C20H15NaO7S. The molecule has 0 heterocycles. The van der Waals surface area contributed by atoms with Gasteiger partial charge in [-0.1, -0.05) is 11.6 Å². The zero-order valence-electron chi connectivity index (χ0n) is 15.9. The molecular weight excluding hydrogens is 407 g/mol. The molecule has 0 aliphatic rings. The van der Waals surface area contributed by atoms with Gasteiger partial charge in [0.05, 0.1) is 25.3 Å². The van der Waals surface area contributed by atoms with E-state index < -0.39 is 27.0 Å². The fourth-order valence-electron chi connectivity index (χ4n) is 2.97. The van der Waals surface area contributed by atoms with Gasteiger partial charge in [0.25, 0.3) is 10.1 Å². The monoisotopic (exact) mass is 422 g/mol. The van der Waals surface area contributed by atoms with Crippen LogP contribution < -0.4 is 29.6 Å². The Balaban J connectivity index is 0.00000300. The number of rotatable bonds is 4. The van der Waals surface area contributed by atoms with E-state index >= 15 is 0 Å². The summed E-state index contributed by atoms with van der Waals surface area (Å²) in [5, 5.41) is 1.28. The second-order valence-electron chi connectivity index (χ2n) is 5.79. The molecule has 3 aromatic rings. The van der Waals surface area contributed by atoms with Crippen molar-refractivity contribution >= 4 is 32.8 Å². The van der Waals surface area contributed by atoms with Gasteiger partial charge in [0.1, 0.15) is 4.90 Å². The number of fused-ring (bicyclic) bond motifs is 1. The molecule has 0 bridgehead atoms. The van der Waals surface area contributed by atoms with Crippen LogP contribution in [0, 0.1) is 6.07 Å². The van der Waals surface area contributed by atoms with Gasteiger partial charge in [-0.25, -0.2) is 9.59 Å². The van der Waals surface area contributed by atoms with E-state index in [1.165, 1.54) is 6.07 Å². The summed E-state index contributed by atoms with van der Waals surface area (Å²) >= 11 is 0. The Morgan fingerprint density at radius 2 is 1.69 bits per heavy atom. The number of esters is 2. The number of benzene rings is 3. The molecule has 1 N–H and O–H groups in total. The van der Waals surface area contributed by atoms with Crippen LogP contribution in [-0.2, 0) is 19.6 Å². The van der Waals surface area contributed by atoms with Crippen molar-refractivity contribution in [3.05, 3.63) is 65.7 Å². The Morgan fingerprint density at radius 1 is 1.00 bits per heavy atom. The van der Waals surface area contributed by atoms with Gasteiger partial charge >= 0.3 is 41.5 Å². The molecule has 0 aromatic heterocycles. The third-order valence-corrected chi connectivity index (χ3v) is 5.06. The van der Waals surface area contributed by atoms with Crippen LogP contribution in [0.25, 0.3) is 21.9 Å². The van der Waals surface area contributed by atoms with Crippen molar-refractivity contribution < 1.29 is 61.6 Å². The van der Waals surface area contributed by atoms with Crippen LogP contribution >= 0.6 is 0 Å². The van der Waals surface area contributed by atoms with E-state index in [9.17, 15) is 22.6 Å². The van der Waals surface area contributed by atoms with Crippen LogP contribution in [0.5, 0.6) is 0 Å². The van der Waals surface area contributed by atoms with E-state index in [1.54, 1.807) is 36.4 Å². The van der Waals surface area contributed by atoms with Gasteiger partial charge in [0, 0.05) is 5.56 Å². The Bertz CT molecular complexity index is 1200. The van der Waals surface area contributed by atoms with Gasteiger partial charge in [0.2, 0.25) is 0 Å². The average Bonchev–Trinajstić information content (AvgIpc) is 2.70. The summed E-state index contributed by atoms with van der Waals surface area (Å²) in [6, 6.07) is 15.3. The largest absolute Gasteiger partial charge is 1.00 e. The summed E-state index contributed by atoms with van der Waals surface area (Å²) in [5.74, 6) is -1.74. The predicted octanol–water partition coefficient (Wildman–Crippen LogP) is 0.131. The number of methoxy groups -OCH3 is 2. The molecule has 0 saturated carbocycles. The maximum absolute atomic E-state index is 12.4. The van der Waals surface area contributed by atoms with E-state index in [4.69, 9.17) is 4.74 Å². The van der Waals surface area contributed by atoms with E-state index in [2.05, 4.69) is 10.8 Å². The summed E-state index contributed by atoms with van der Waals surface area (Å²) in [6.07, 6.45) is 0. The maximum Gasteiger partial charge on any atom is 1.00 e. The predicted molar refractivity (Wildman–Crippen MR) is 101 cm³/mol. The summed E-state index contributed by atoms with van der Waals surface area (Å²) in [6.45, 7) is 0. The molecule has 0 spiro atoms. The van der Waals surface area contributed by atoms with Crippen LogP contribution in [0.15, 0.2) is 53.4 Å². The van der Waals surface area contributed by atoms with Gasteiger partial charge in [-0.15, -0.1) is 47.2 Å². The minimum absolute atomic E-state index is 0. The van der Waals surface area contributed by atoms with Gasteiger partial charge < -0.3 is 9.47 Å². The fraction of sp³-hybridized carbons (Fsp3) is 0.100. The second-order valence-corrected chi connectivity index (χ2v) is 7.18. The van der Waals surface area contributed by atoms with Gasteiger partial charge in [-0.3, -0.25) is 4.55 Å². The standard InChI is InChI=1S/C20H15O7S.Na/c1-26-19(21)13-10-16(20(22)27-2)18(17(11-13)28(23,24)25)15-9-5-7-12-6-3-4-8-14(12)15;/h3-5,7-11H,1-2H3,(H,23,24,25);/q-1;+1. The van der Waals surface area contributed by atoms with Crippen molar-refractivity contribution in [3.8, 4) is 11.1 Å². The zero-order chi connectivity index (χ0) is 20.5. The zero-order valence-corrected chi connectivity index (χ0v) is 18.7. The minimum Gasteiger partial charge on any atom is -0.465 e. The van der Waals surface area contributed by atoms with E-state index in [-0.39, 0.29) is 46.2 Å². The molecule has 3 aromatic carbocycles. The first kappa shape index (κ1) is 23.1. The summed E-state index contributed by atoms with van der Waals surface area (Å²) in [4.78, 5) is 23.8. The second kappa shape index (κ2) is 9.06. The molecule has 0 radical (unpaired) electrons. The maximum atomic E-state index is 12.4. The summed E-state index contributed by atoms with van der Waals surface area (Å²) < 4.78 is 43.5. The van der Waals surface area contributed by atoms with Crippen LogP contribution in [0.2, 0.25) is 0 Å². The first-order chi connectivity index (χ1) is 13.3.